The maximum absolute atomic E-state index is 12.6. The quantitative estimate of drug-likeness (QED) is 0.347. The molecule has 1 N–H and O–H groups in total. The lowest BCUT2D eigenvalue weighted by Crippen LogP contribution is -2.24. The summed E-state index contributed by atoms with van der Waals surface area (Å²) >= 11 is 0. The van der Waals surface area contributed by atoms with Crippen molar-refractivity contribution in [2.75, 3.05) is 20.8 Å². The molecular weight excluding hydrogens is 414 g/mol. The van der Waals surface area contributed by atoms with Gasteiger partial charge in [-0.2, -0.15) is 0 Å². The number of carbonyl (C=O) groups excluding carboxylic acids is 1. The SMILES string of the molecule is COc1ccccc1CCNC(=O)/C=C(\C)c1cc2c(-c3ccccc3)coc2cc1OC. The summed E-state index contributed by atoms with van der Waals surface area (Å²) in [7, 11) is 3.27. The molecule has 0 fully saturated rings. The van der Waals surface area contributed by atoms with E-state index in [-0.39, 0.29) is 5.91 Å². The number of nitrogens with one attached hydrogen (secondary N) is 1. The molecule has 3 aromatic carbocycles. The van der Waals surface area contributed by atoms with Gasteiger partial charge in [0.2, 0.25) is 5.91 Å². The molecule has 4 rings (SSSR count). The van der Waals surface area contributed by atoms with Gasteiger partial charge in [-0.3, -0.25) is 4.79 Å². The Kier molecular flexibility index (Phi) is 6.79. The number of furan rings is 1. The van der Waals surface area contributed by atoms with Gasteiger partial charge in [-0.1, -0.05) is 48.5 Å². The van der Waals surface area contributed by atoms with Crippen LogP contribution in [0.2, 0.25) is 0 Å². The van der Waals surface area contributed by atoms with Gasteiger partial charge in [0, 0.05) is 35.2 Å². The molecule has 0 saturated heterocycles. The van der Waals surface area contributed by atoms with Crippen LogP contribution in [0.5, 0.6) is 11.5 Å². The highest BCUT2D eigenvalue weighted by Gasteiger charge is 2.15. The molecule has 0 bridgehead atoms. The molecule has 0 aliphatic heterocycles. The van der Waals surface area contributed by atoms with Gasteiger partial charge in [-0.05, 0) is 42.2 Å². The third-order valence-electron chi connectivity index (χ3n) is 5.64. The van der Waals surface area contributed by atoms with Crippen LogP contribution in [-0.2, 0) is 11.2 Å². The number of hydrogen-bond donors (Lipinski definition) is 1. The predicted molar refractivity (Wildman–Crippen MR) is 132 cm³/mol. The second kappa shape index (κ2) is 10.1. The van der Waals surface area contributed by atoms with Crippen LogP contribution in [0.3, 0.4) is 0 Å². The van der Waals surface area contributed by atoms with E-state index in [1.54, 1.807) is 26.6 Å². The summed E-state index contributed by atoms with van der Waals surface area (Å²) in [6, 6.07) is 21.8. The van der Waals surface area contributed by atoms with E-state index in [9.17, 15) is 4.79 Å². The van der Waals surface area contributed by atoms with E-state index in [0.29, 0.717) is 18.7 Å². The molecule has 1 aromatic heterocycles. The normalized spacial score (nSPS) is 11.4. The molecule has 0 atom stereocenters. The van der Waals surface area contributed by atoms with Crippen LogP contribution < -0.4 is 14.8 Å². The largest absolute Gasteiger partial charge is 0.496 e. The number of amides is 1. The Morgan fingerprint density at radius 1 is 0.970 bits per heavy atom. The van der Waals surface area contributed by atoms with E-state index in [4.69, 9.17) is 13.9 Å². The van der Waals surface area contributed by atoms with Crippen LogP contribution in [-0.4, -0.2) is 26.7 Å². The molecule has 0 radical (unpaired) electrons. The van der Waals surface area contributed by atoms with E-state index in [0.717, 1.165) is 44.5 Å². The summed E-state index contributed by atoms with van der Waals surface area (Å²) < 4.78 is 16.8. The highest BCUT2D eigenvalue weighted by molar-refractivity contribution is 6.00. The Morgan fingerprint density at radius 2 is 1.70 bits per heavy atom. The first-order chi connectivity index (χ1) is 16.1. The highest BCUT2D eigenvalue weighted by Crippen LogP contribution is 2.37. The average molecular weight is 442 g/mol. The van der Waals surface area contributed by atoms with Crippen molar-refractivity contribution in [3.8, 4) is 22.6 Å². The Balaban J connectivity index is 1.54. The molecular formula is C28H27NO4. The molecule has 5 nitrogen and oxygen atoms in total. The fourth-order valence-corrected chi connectivity index (χ4v) is 3.93. The number of hydrogen-bond acceptors (Lipinski definition) is 4. The van der Waals surface area contributed by atoms with Gasteiger partial charge in [-0.15, -0.1) is 0 Å². The van der Waals surface area contributed by atoms with Gasteiger partial charge in [0.05, 0.1) is 20.5 Å². The van der Waals surface area contributed by atoms with Crippen LogP contribution in [0.15, 0.2) is 83.5 Å². The standard InChI is InChI=1S/C28H27NO4/c1-19(15-28(30)29-14-13-21-11-7-8-12-25(21)31-2)22-16-23-24(20-9-5-4-6-10-20)18-33-27(23)17-26(22)32-3/h4-12,15-18H,13-14H2,1-3H3,(H,29,30)/b19-15+. The minimum atomic E-state index is -0.153. The molecule has 4 aromatic rings. The molecule has 0 spiro atoms. The zero-order chi connectivity index (χ0) is 23.2. The molecule has 5 heteroatoms. The Hall–Kier alpha value is -3.99. The van der Waals surface area contributed by atoms with Gasteiger partial charge < -0.3 is 19.2 Å². The third-order valence-corrected chi connectivity index (χ3v) is 5.64. The van der Waals surface area contributed by atoms with Gasteiger partial charge in [0.25, 0.3) is 0 Å². The Morgan fingerprint density at radius 3 is 2.45 bits per heavy atom. The summed E-state index contributed by atoms with van der Waals surface area (Å²) in [5.74, 6) is 1.33. The van der Waals surface area contributed by atoms with Gasteiger partial charge >= 0.3 is 0 Å². The van der Waals surface area contributed by atoms with Crippen LogP contribution in [0.1, 0.15) is 18.1 Å². The second-order valence-corrected chi connectivity index (χ2v) is 7.74. The zero-order valence-electron chi connectivity index (χ0n) is 19.1. The summed E-state index contributed by atoms with van der Waals surface area (Å²) in [5, 5.41) is 3.93. The van der Waals surface area contributed by atoms with E-state index in [1.807, 2.05) is 73.7 Å². The summed E-state index contributed by atoms with van der Waals surface area (Å²) in [6.45, 7) is 2.42. The number of fused-ring (bicyclic) bond motifs is 1. The Labute approximate surface area is 193 Å². The Bertz CT molecular complexity index is 1290. The number of ether oxygens (including phenoxy) is 2. The van der Waals surface area contributed by atoms with Crippen molar-refractivity contribution in [3.63, 3.8) is 0 Å². The fourth-order valence-electron chi connectivity index (χ4n) is 3.93. The molecule has 1 heterocycles. The number of para-hydroxylation sites is 1. The summed E-state index contributed by atoms with van der Waals surface area (Å²) in [4.78, 5) is 12.6. The molecule has 0 saturated carbocycles. The molecule has 168 valence electrons. The highest BCUT2D eigenvalue weighted by atomic mass is 16.5. The molecule has 0 aliphatic rings. The first-order valence-electron chi connectivity index (χ1n) is 10.8. The number of benzene rings is 3. The minimum absolute atomic E-state index is 0.153. The summed E-state index contributed by atoms with van der Waals surface area (Å²) in [5.41, 5.74) is 5.53. The van der Waals surface area contributed by atoms with Gasteiger partial charge in [0.1, 0.15) is 17.1 Å². The maximum Gasteiger partial charge on any atom is 0.244 e. The molecule has 1 amide bonds. The van der Waals surface area contributed by atoms with Crippen molar-refractivity contribution in [1.82, 2.24) is 5.32 Å². The lowest BCUT2D eigenvalue weighted by molar-refractivity contribution is -0.116. The smallest absolute Gasteiger partial charge is 0.244 e. The van der Waals surface area contributed by atoms with Crippen molar-refractivity contribution in [3.05, 3.63) is 90.2 Å². The van der Waals surface area contributed by atoms with Crippen molar-refractivity contribution in [1.29, 1.82) is 0 Å². The zero-order valence-corrected chi connectivity index (χ0v) is 19.1. The predicted octanol–water partition coefficient (Wildman–Crippen LogP) is 5.88. The van der Waals surface area contributed by atoms with Crippen molar-refractivity contribution < 1.29 is 18.7 Å². The number of allylic oxidation sites excluding steroid dienone is 1. The first-order valence-corrected chi connectivity index (χ1v) is 10.8. The van der Waals surface area contributed by atoms with E-state index < -0.39 is 0 Å². The van der Waals surface area contributed by atoms with Crippen LogP contribution in [0, 0.1) is 0 Å². The fraction of sp³-hybridized carbons (Fsp3) is 0.179. The van der Waals surface area contributed by atoms with E-state index in [2.05, 4.69) is 5.32 Å². The monoisotopic (exact) mass is 441 g/mol. The van der Waals surface area contributed by atoms with Crippen molar-refractivity contribution >= 4 is 22.4 Å². The summed E-state index contributed by atoms with van der Waals surface area (Å²) in [6.07, 6.45) is 4.05. The van der Waals surface area contributed by atoms with Crippen LogP contribution >= 0.6 is 0 Å². The van der Waals surface area contributed by atoms with Gasteiger partial charge in [0.15, 0.2) is 0 Å². The van der Waals surface area contributed by atoms with Crippen molar-refractivity contribution in [2.24, 2.45) is 0 Å². The van der Waals surface area contributed by atoms with Crippen molar-refractivity contribution in [2.45, 2.75) is 13.3 Å². The van der Waals surface area contributed by atoms with E-state index >= 15 is 0 Å². The number of carbonyl (C=O) groups is 1. The maximum atomic E-state index is 12.6. The average Bonchev–Trinajstić information content (AvgIpc) is 3.27. The number of methoxy groups -OCH3 is 2. The minimum Gasteiger partial charge on any atom is -0.496 e. The van der Waals surface area contributed by atoms with Crippen LogP contribution in [0.4, 0.5) is 0 Å². The lowest BCUT2D eigenvalue weighted by atomic mass is 9.99. The van der Waals surface area contributed by atoms with Gasteiger partial charge in [-0.25, -0.2) is 0 Å². The first kappa shape index (κ1) is 22.2. The number of rotatable bonds is 8. The molecule has 0 aliphatic carbocycles. The van der Waals surface area contributed by atoms with Crippen LogP contribution in [0.25, 0.3) is 27.7 Å². The topological polar surface area (TPSA) is 60.7 Å². The molecule has 33 heavy (non-hydrogen) atoms. The van der Waals surface area contributed by atoms with E-state index in [1.165, 1.54) is 0 Å². The lowest BCUT2D eigenvalue weighted by Gasteiger charge is -2.11. The third kappa shape index (κ3) is 4.93. The second-order valence-electron chi connectivity index (χ2n) is 7.74. The molecule has 0 unspecified atom stereocenters.